The van der Waals surface area contributed by atoms with Gasteiger partial charge in [-0.25, -0.2) is 0 Å². The Bertz CT molecular complexity index is 483. The van der Waals surface area contributed by atoms with Crippen LogP contribution in [0.25, 0.3) is 0 Å². The summed E-state index contributed by atoms with van der Waals surface area (Å²) in [4.78, 5) is 0. The molecule has 0 aromatic heterocycles. The molecular formula is C16H18BrP. The third kappa shape index (κ3) is 2.53. The van der Waals surface area contributed by atoms with Gasteiger partial charge in [-0.15, -0.1) is 0 Å². The number of halogens is 1. The molecule has 0 saturated carbocycles. The number of aryl methyl sites for hydroxylation is 4. The van der Waals surface area contributed by atoms with Crippen molar-refractivity contribution in [2.75, 3.05) is 0 Å². The summed E-state index contributed by atoms with van der Waals surface area (Å²) in [6, 6.07) is 13.1. The first-order valence-electron chi connectivity index (χ1n) is 6.10. The molecular weight excluding hydrogens is 303 g/mol. The van der Waals surface area contributed by atoms with Crippen LogP contribution in [-0.4, -0.2) is 0 Å². The van der Waals surface area contributed by atoms with Gasteiger partial charge in [0.2, 0.25) is 0 Å². The molecule has 0 aliphatic heterocycles. The molecule has 0 aliphatic rings. The third-order valence-electron chi connectivity index (χ3n) is 3.27. The molecule has 0 spiro atoms. The molecule has 0 amide bonds. The number of hydrogen-bond donors (Lipinski definition) is 0. The summed E-state index contributed by atoms with van der Waals surface area (Å²) in [5.41, 5.74) is 5.50. The van der Waals surface area contributed by atoms with Gasteiger partial charge in [-0.05, 0) is 76.0 Å². The van der Waals surface area contributed by atoms with Gasteiger partial charge >= 0.3 is 0 Å². The molecule has 18 heavy (non-hydrogen) atoms. The zero-order valence-electron chi connectivity index (χ0n) is 11.3. The molecule has 0 heterocycles. The lowest BCUT2D eigenvalue weighted by Gasteiger charge is -2.20. The zero-order valence-corrected chi connectivity index (χ0v) is 13.8. The smallest absolute Gasteiger partial charge is 0.0276 e. The minimum absolute atomic E-state index is 0.442. The first-order chi connectivity index (χ1) is 8.52. The van der Waals surface area contributed by atoms with Crippen LogP contribution >= 0.6 is 22.1 Å². The van der Waals surface area contributed by atoms with E-state index in [1.807, 2.05) is 0 Å². The van der Waals surface area contributed by atoms with Crippen molar-refractivity contribution in [3.05, 3.63) is 58.7 Å². The van der Waals surface area contributed by atoms with Crippen LogP contribution in [0.3, 0.4) is 0 Å². The van der Waals surface area contributed by atoms with Gasteiger partial charge in [0, 0.05) is 6.62 Å². The monoisotopic (exact) mass is 320 g/mol. The Morgan fingerprint density at radius 1 is 0.667 bits per heavy atom. The highest BCUT2D eigenvalue weighted by atomic mass is 79.9. The lowest BCUT2D eigenvalue weighted by atomic mass is 10.1. The normalized spacial score (nSPS) is 11.0. The average Bonchev–Trinajstić information content (AvgIpc) is 2.28. The van der Waals surface area contributed by atoms with Gasteiger partial charge in [-0.1, -0.05) is 36.4 Å². The van der Waals surface area contributed by atoms with E-state index in [1.165, 1.54) is 32.9 Å². The summed E-state index contributed by atoms with van der Waals surface area (Å²) >= 11 is 3.96. The van der Waals surface area contributed by atoms with Gasteiger partial charge in [0.25, 0.3) is 0 Å². The Kier molecular flexibility index (Phi) is 4.25. The summed E-state index contributed by atoms with van der Waals surface area (Å²) < 4.78 is 0. The second kappa shape index (κ2) is 5.55. The van der Waals surface area contributed by atoms with Crippen molar-refractivity contribution in [2.45, 2.75) is 27.7 Å². The molecule has 2 heteroatoms. The molecule has 94 valence electrons. The van der Waals surface area contributed by atoms with E-state index in [4.69, 9.17) is 0 Å². The maximum Gasteiger partial charge on any atom is 0.0276 e. The maximum atomic E-state index is 3.96. The summed E-state index contributed by atoms with van der Waals surface area (Å²) in [5, 5.41) is 2.93. The van der Waals surface area contributed by atoms with Gasteiger partial charge in [0.1, 0.15) is 0 Å². The van der Waals surface area contributed by atoms with Gasteiger partial charge in [-0.3, -0.25) is 0 Å². The molecule has 0 saturated heterocycles. The number of rotatable bonds is 2. The first kappa shape index (κ1) is 13.8. The third-order valence-corrected chi connectivity index (χ3v) is 7.60. The Balaban J connectivity index is 2.58. The highest BCUT2D eigenvalue weighted by Gasteiger charge is 2.18. The van der Waals surface area contributed by atoms with E-state index in [0.29, 0.717) is 0 Å². The summed E-state index contributed by atoms with van der Waals surface area (Å²) in [6.07, 6.45) is 0. The minimum atomic E-state index is -0.442. The fourth-order valence-electron chi connectivity index (χ4n) is 2.34. The maximum absolute atomic E-state index is 3.96. The topological polar surface area (TPSA) is 0 Å². The molecule has 0 radical (unpaired) electrons. The lowest BCUT2D eigenvalue weighted by Crippen LogP contribution is -2.18. The zero-order chi connectivity index (χ0) is 13.3. The van der Waals surface area contributed by atoms with Gasteiger partial charge in [0.05, 0.1) is 0 Å². The highest BCUT2D eigenvalue weighted by Crippen LogP contribution is 2.45. The predicted octanol–water partition coefficient (Wildman–Crippen LogP) is 4.66. The molecule has 0 fully saturated rings. The van der Waals surface area contributed by atoms with Gasteiger partial charge in [-0.2, -0.15) is 0 Å². The van der Waals surface area contributed by atoms with Crippen molar-refractivity contribution in [1.82, 2.24) is 0 Å². The summed E-state index contributed by atoms with van der Waals surface area (Å²) in [6.45, 7) is 8.36. The molecule has 0 N–H and O–H groups in total. The fourth-order valence-corrected chi connectivity index (χ4v) is 7.46. The van der Waals surface area contributed by atoms with Crippen LogP contribution in [0, 0.1) is 27.7 Å². The molecule has 0 nitrogen and oxygen atoms in total. The molecule has 2 rings (SSSR count). The second-order valence-corrected chi connectivity index (χ2v) is 8.35. The Morgan fingerprint density at radius 2 is 0.944 bits per heavy atom. The van der Waals surface area contributed by atoms with E-state index >= 15 is 0 Å². The predicted molar refractivity (Wildman–Crippen MR) is 86.9 cm³/mol. The lowest BCUT2D eigenvalue weighted by molar-refractivity contribution is 1.42. The average molecular weight is 321 g/mol. The van der Waals surface area contributed by atoms with Crippen molar-refractivity contribution < 1.29 is 0 Å². The fraction of sp³-hybridized carbons (Fsp3) is 0.250. The van der Waals surface area contributed by atoms with Crippen LogP contribution < -0.4 is 10.6 Å². The number of hydrogen-bond acceptors (Lipinski definition) is 0. The van der Waals surface area contributed by atoms with Crippen molar-refractivity contribution in [1.29, 1.82) is 0 Å². The van der Waals surface area contributed by atoms with E-state index < -0.39 is 6.62 Å². The molecule has 0 bridgehead atoms. The van der Waals surface area contributed by atoms with Crippen LogP contribution in [-0.2, 0) is 0 Å². The SMILES string of the molecule is Cc1cccc(C)c1P(Br)c1c(C)cccc1C. The minimum Gasteiger partial charge on any atom is -0.0617 e. The largest absolute Gasteiger partial charge is 0.0617 e. The van der Waals surface area contributed by atoms with Gasteiger partial charge < -0.3 is 0 Å². The van der Waals surface area contributed by atoms with E-state index in [0.717, 1.165) is 0 Å². The van der Waals surface area contributed by atoms with Crippen LogP contribution in [0.5, 0.6) is 0 Å². The summed E-state index contributed by atoms with van der Waals surface area (Å²) in [7, 11) is 0. The van der Waals surface area contributed by atoms with E-state index in [-0.39, 0.29) is 0 Å². The molecule has 0 aliphatic carbocycles. The number of benzene rings is 2. The van der Waals surface area contributed by atoms with Crippen LogP contribution in [0.2, 0.25) is 0 Å². The Morgan fingerprint density at radius 3 is 1.22 bits per heavy atom. The van der Waals surface area contributed by atoms with Crippen molar-refractivity contribution >= 4 is 32.7 Å². The van der Waals surface area contributed by atoms with E-state index in [9.17, 15) is 0 Å². The summed E-state index contributed by atoms with van der Waals surface area (Å²) in [5.74, 6) is 0. The van der Waals surface area contributed by atoms with Crippen molar-refractivity contribution in [2.24, 2.45) is 0 Å². The second-order valence-electron chi connectivity index (χ2n) is 4.76. The quantitative estimate of drug-likeness (QED) is 0.706. The van der Waals surface area contributed by atoms with E-state index in [1.54, 1.807) is 0 Å². The van der Waals surface area contributed by atoms with Crippen molar-refractivity contribution in [3.8, 4) is 0 Å². The molecule has 2 aromatic carbocycles. The Hall–Kier alpha value is -0.650. The molecule has 0 unspecified atom stereocenters. The van der Waals surface area contributed by atoms with Crippen LogP contribution in [0.1, 0.15) is 22.3 Å². The highest BCUT2D eigenvalue weighted by molar-refractivity contribution is 9.40. The van der Waals surface area contributed by atoms with Crippen molar-refractivity contribution in [3.63, 3.8) is 0 Å². The molecule has 2 aromatic rings. The van der Waals surface area contributed by atoms with Crippen LogP contribution in [0.4, 0.5) is 0 Å². The standard InChI is InChI=1S/C16H18BrP/c1-11-7-5-8-12(2)15(11)18(17)16-13(3)9-6-10-14(16)4/h5-10H,1-4H3. The van der Waals surface area contributed by atoms with E-state index in [2.05, 4.69) is 79.6 Å². The van der Waals surface area contributed by atoms with Gasteiger partial charge in [0.15, 0.2) is 0 Å². The van der Waals surface area contributed by atoms with Crippen LogP contribution in [0.15, 0.2) is 36.4 Å². The first-order valence-corrected chi connectivity index (χ1v) is 9.46. The Labute approximate surface area is 119 Å². The molecule has 0 atom stereocenters.